The van der Waals surface area contributed by atoms with E-state index in [1.165, 1.54) is 19.3 Å². The molecule has 2 atom stereocenters. The van der Waals surface area contributed by atoms with Crippen LogP contribution in [0.25, 0.3) is 0 Å². The maximum Gasteiger partial charge on any atom is 0.341 e. The molecule has 1 aliphatic carbocycles. The second-order valence-corrected chi connectivity index (χ2v) is 7.02. The summed E-state index contributed by atoms with van der Waals surface area (Å²) in [7, 11) is 0. The minimum Gasteiger partial charge on any atom is -0.481 e. The van der Waals surface area contributed by atoms with Crippen molar-refractivity contribution in [2.24, 2.45) is 5.92 Å². The molecule has 24 heavy (non-hydrogen) atoms. The number of likely N-dealkylation sites (tertiary alicyclic amines) is 1. The summed E-state index contributed by atoms with van der Waals surface area (Å²) in [6.07, 6.45) is 5.92. The first-order valence-corrected chi connectivity index (χ1v) is 8.74. The van der Waals surface area contributed by atoms with E-state index in [1.54, 1.807) is 0 Å². The predicted molar refractivity (Wildman–Crippen MR) is 90.4 cm³/mol. The number of amides is 1. The molecule has 1 aromatic carbocycles. The van der Waals surface area contributed by atoms with Gasteiger partial charge in [0, 0.05) is 18.2 Å². The van der Waals surface area contributed by atoms with Gasteiger partial charge < -0.3 is 14.7 Å². The van der Waals surface area contributed by atoms with Crippen LogP contribution in [0.15, 0.2) is 12.1 Å². The monoisotopic (exact) mass is 331 g/mol. The van der Waals surface area contributed by atoms with Crippen molar-refractivity contribution in [3.05, 3.63) is 28.8 Å². The lowest BCUT2D eigenvalue weighted by atomic mass is 9.91. The van der Waals surface area contributed by atoms with Crippen molar-refractivity contribution in [3.63, 3.8) is 0 Å². The highest BCUT2D eigenvalue weighted by atomic mass is 16.5. The highest BCUT2D eigenvalue weighted by Crippen LogP contribution is 2.37. The molecule has 2 fully saturated rings. The number of ether oxygens (including phenoxy) is 1. The number of carboxylic acids is 1. The third-order valence-electron chi connectivity index (χ3n) is 5.30. The Labute approximate surface area is 142 Å². The first-order chi connectivity index (χ1) is 11.5. The molecule has 5 heteroatoms. The van der Waals surface area contributed by atoms with Crippen LogP contribution in [-0.4, -0.2) is 41.1 Å². The Balaban J connectivity index is 1.81. The van der Waals surface area contributed by atoms with Crippen molar-refractivity contribution < 1.29 is 19.4 Å². The van der Waals surface area contributed by atoms with Crippen LogP contribution in [0.5, 0.6) is 5.75 Å². The fourth-order valence-corrected chi connectivity index (χ4v) is 4.31. The van der Waals surface area contributed by atoms with Gasteiger partial charge in [0.2, 0.25) is 0 Å². The van der Waals surface area contributed by atoms with Crippen molar-refractivity contribution in [2.75, 3.05) is 13.2 Å². The Morgan fingerprint density at radius 2 is 1.83 bits per heavy atom. The zero-order chi connectivity index (χ0) is 17.3. The number of rotatable bonds is 4. The lowest BCUT2D eigenvalue weighted by Crippen LogP contribution is -2.46. The number of aliphatic carboxylic acids is 1. The molecule has 0 aromatic heterocycles. The smallest absolute Gasteiger partial charge is 0.341 e. The van der Waals surface area contributed by atoms with Gasteiger partial charge in [0.25, 0.3) is 5.91 Å². The molecule has 1 saturated carbocycles. The second kappa shape index (κ2) is 6.83. The van der Waals surface area contributed by atoms with Crippen LogP contribution in [0.2, 0.25) is 0 Å². The van der Waals surface area contributed by atoms with Gasteiger partial charge in [0.05, 0.1) is 0 Å². The molecule has 0 bridgehead atoms. The number of hydrogen-bond acceptors (Lipinski definition) is 3. The fourth-order valence-electron chi connectivity index (χ4n) is 4.31. The summed E-state index contributed by atoms with van der Waals surface area (Å²) in [5.74, 6) is 0.325. The molecule has 5 nitrogen and oxygen atoms in total. The minimum absolute atomic E-state index is 0.0996. The van der Waals surface area contributed by atoms with E-state index in [9.17, 15) is 9.59 Å². The van der Waals surface area contributed by atoms with Gasteiger partial charge in [0.15, 0.2) is 6.61 Å². The Hall–Kier alpha value is -2.04. The first-order valence-electron chi connectivity index (χ1n) is 8.74. The molecule has 1 aliphatic heterocycles. The van der Waals surface area contributed by atoms with Crippen LogP contribution in [0.1, 0.15) is 53.6 Å². The van der Waals surface area contributed by atoms with Gasteiger partial charge in [-0.2, -0.15) is 0 Å². The van der Waals surface area contributed by atoms with Crippen molar-refractivity contribution in [2.45, 2.75) is 52.0 Å². The standard InChI is InChI=1S/C19H25NO4/c1-12-9-15(10-13(2)18(12)24-11-17(21)22)19(23)20-8-4-6-14-5-3-7-16(14)20/h9-10,14,16H,3-8,11H2,1-2H3,(H,21,22). The quantitative estimate of drug-likeness (QED) is 0.920. The minimum atomic E-state index is -1.01. The summed E-state index contributed by atoms with van der Waals surface area (Å²) >= 11 is 0. The zero-order valence-electron chi connectivity index (χ0n) is 14.4. The molecule has 1 heterocycles. The predicted octanol–water partition coefficient (Wildman–Crippen LogP) is 3.17. The Kier molecular flexibility index (Phi) is 4.78. The molecule has 0 spiro atoms. The van der Waals surface area contributed by atoms with Crippen molar-refractivity contribution >= 4 is 11.9 Å². The average Bonchev–Trinajstić information content (AvgIpc) is 3.01. The normalized spacial score (nSPS) is 23.0. The Morgan fingerprint density at radius 3 is 2.50 bits per heavy atom. The summed E-state index contributed by atoms with van der Waals surface area (Å²) in [4.78, 5) is 25.8. The topological polar surface area (TPSA) is 66.8 Å². The number of hydrogen-bond donors (Lipinski definition) is 1. The lowest BCUT2D eigenvalue weighted by Gasteiger charge is -2.38. The van der Waals surface area contributed by atoms with E-state index in [0.717, 1.165) is 30.5 Å². The summed E-state index contributed by atoms with van der Waals surface area (Å²) in [6.45, 7) is 4.19. The van der Waals surface area contributed by atoms with E-state index in [1.807, 2.05) is 26.0 Å². The van der Waals surface area contributed by atoms with Crippen LogP contribution in [-0.2, 0) is 4.79 Å². The maximum atomic E-state index is 13.0. The third kappa shape index (κ3) is 3.25. The van der Waals surface area contributed by atoms with Gasteiger partial charge in [-0.15, -0.1) is 0 Å². The van der Waals surface area contributed by atoms with E-state index < -0.39 is 5.97 Å². The van der Waals surface area contributed by atoms with Gasteiger partial charge in [-0.3, -0.25) is 4.79 Å². The van der Waals surface area contributed by atoms with Gasteiger partial charge in [0.1, 0.15) is 5.75 Å². The molecule has 3 rings (SSSR count). The van der Waals surface area contributed by atoms with E-state index in [0.29, 0.717) is 23.3 Å². The maximum absolute atomic E-state index is 13.0. The second-order valence-electron chi connectivity index (χ2n) is 7.02. The lowest BCUT2D eigenvalue weighted by molar-refractivity contribution is -0.139. The van der Waals surface area contributed by atoms with E-state index in [4.69, 9.17) is 9.84 Å². The van der Waals surface area contributed by atoms with Crippen LogP contribution < -0.4 is 4.74 Å². The number of carboxylic acid groups (broad SMARTS) is 1. The van der Waals surface area contributed by atoms with Gasteiger partial charge in [-0.25, -0.2) is 4.79 Å². The molecule has 1 saturated heterocycles. The summed E-state index contributed by atoms with van der Waals surface area (Å²) in [5.41, 5.74) is 2.29. The van der Waals surface area contributed by atoms with Crippen LogP contribution >= 0.6 is 0 Å². The summed E-state index contributed by atoms with van der Waals surface area (Å²) in [6, 6.07) is 4.05. The fraction of sp³-hybridized carbons (Fsp3) is 0.579. The SMILES string of the molecule is Cc1cc(C(=O)N2CCCC3CCCC32)cc(C)c1OCC(=O)O. The first kappa shape index (κ1) is 16.8. The molecule has 2 aliphatic rings. The van der Waals surface area contributed by atoms with Crippen LogP contribution in [0.3, 0.4) is 0 Å². The molecular formula is C19H25NO4. The number of nitrogens with zero attached hydrogens (tertiary/aromatic N) is 1. The van der Waals surface area contributed by atoms with E-state index >= 15 is 0 Å². The van der Waals surface area contributed by atoms with E-state index in [2.05, 4.69) is 4.90 Å². The Morgan fingerprint density at radius 1 is 1.17 bits per heavy atom. The third-order valence-corrected chi connectivity index (χ3v) is 5.30. The molecule has 1 aromatic rings. The highest BCUT2D eigenvalue weighted by molar-refractivity contribution is 5.95. The molecular weight excluding hydrogens is 306 g/mol. The van der Waals surface area contributed by atoms with Crippen LogP contribution in [0.4, 0.5) is 0 Å². The van der Waals surface area contributed by atoms with Crippen molar-refractivity contribution in [3.8, 4) is 5.75 Å². The molecule has 130 valence electrons. The number of carbonyl (C=O) groups is 2. The molecule has 0 radical (unpaired) electrons. The largest absolute Gasteiger partial charge is 0.481 e. The molecule has 1 N–H and O–H groups in total. The number of piperidine rings is 1. The molecule has 2 unspecified atom stereocenters. The zero-order valence-corrected chi connectivity index (χ0v) is 14.4. The summed E-state index contributed by atoms with van der Waals surface area (Å²) in [5, 5.41) is 8.77. The van der Waals surface area contributed by atoms with Gasteiger partial charge in [-0.1, -0.05) is 6.42 Å². The number of carbonyl (C=O) groups excluding carboxylic acids is 1. The van der Waals surface area contributed by atoms with E-state index in [-0.39, 0.29) is 12.5 Å². The Bertz CT molecular complexity index is 632. The van der Waals surface area contributed by atoms with Gasteiger partial charge in [-0.05, 0) is 68.7 Å². The number of aryl methyl sites for hydroxylation is 2. The number of fused-ring (bicyclic) bond motifs is 1. The van der Waals surface area contributed by atoms with Crippen LogP contribution in [0, 0.1) is 19.8 Å². The van der Waals surface area contributed by atoms with Gasteiger partial charge >= 0.3 is 5.97 Å². The summed E-state index contributed by atoms with van der Waals surface area (Å²) < 4.78 is 5.35. The molecule has 1 amide bonds. The average molecular weight is 331 g/mol. The van der Waals surface area contributed by atoms with Crippen molar-refractivity contribution in [1.82, 2.24) is 4.90 Å². The number of benzene rings is 1. The van der Waals surface area contributed by atoms with Crippen molar-refractivity contribution in [1.29, 1.82) is 0 Å². The highest BCUT2D eigenvalue weighted by Gasteiger charge is 2.37.